The van der Waals surface area contributed by atoms with Crippen LogP contribution >= 0.6 is 0 Å². The highest BCUT2D eigenvalue weighted by atomic mass is 16.3. The van der Waals surface area contributed by atoms with E-state index in [9.17, 15) is 5.11 Å². The molecule has 1 aromatic heterocycles. The molecule has 0 aromatic carbocycles. The zero-order valence-corrected chi connectivity index (χ0v) is 11.6. The Balaban J connectivity index is 3.11. The highest BCUT2D eigenvalue weighted by Gasteiger charge is 2.36. The molecule has 4 N–H and O–H groups in total. The molecular formula is C12H24N4O. The number of aliphatic hydroxyl groups is 1. The Morgan fingerprint density at radius 1 is 1.35 bits per heavy atom. The predicted octanol–water partition coefficient (Wildman–Crippen LogP) is 1.76. The predicted molar refractivity (Wildman–Crippen MR) is 71.0 cm³/mol. The standard InChI is InChI=1S/C12H24N4O/c1-7-16-10(9(13)8(2)15-16)14-11(3,4)12(5,6)17/h14,17H,7,13H2,1-6H3. The van der Waals surface area contributed by atoms with Crippen LogP contribution in [0.1, 0.15) is 40.3 Å². The lowest BCUT2D eigenvalue weighted by molar-refractivity contribution is 0.0237. The van der Waals surface area contributed by atoms with Crippen molar-refractivity contribution >= 4 is 11.5 Å². The average molecular weight is 240 g/mol. The van der Waals surface area contributed by atoms with Gasteiger partial charge in [-0.15, -0.1) is 0 Å². The molecule has 98 valence electrons. The van der Waals surface area contributed by atoms with Crippen LogP contribution in [-0.2, 0) is 6.54 Å². The summed E-state index contributed by atoms with van der Waals surface area (Å²) < 4.78 is 1.82. The Bertz CT molecular complexity index is 401. The molecule has 0 atom stereocenters. The van der Waals surface area contributed by atoms with Crippen LogP contribution in [0.15, 0.2) is 0 Å². The minimum absolute atomic E-state index is 0.499. The van der Waals surface area contributed by atoms with Crippen molar-refractivity contribution in [3.8, 4) is 0 Å². The fourth-order valence-corrected chi connectivity index (χ4v) is 1.40. The first-order valence-corrected chi connectivity index (χ1v) is 5.93. The van der Waals surface area contributed by atoms with E-state index in [0.717, 1.165) is 18.1 Å². The zero-order valence-electron chi connectivity index (χ0n) is 11.6. The number of hydrogen-bond acceptors (Lipinski definition) is 4. The highest BCUT2D eigenvalue weighted by Crippen LogP contribution is 2.30. The van der Waals surface area contributed by atoms with Gasteiger partial charge in [0, 0.05) is 6.54 Å². The van der Waals surface area contributed by atoms with Crippen LogP contribution in [-0.4, -0.2) is 26.0 Å². The third-order valence-corrected chi connectivity index (χ3v) is 3.43. The van der Waals surface area contributed by atoms with Crippen molar-refractivity contribution in [2.24, 2.45) is 0 Å². The molecule has 0 unspecified atom stereocenters. The molecule has 0 aliphatic rings. The molecule has 1 heterocycles. The van der Waals surface area contributed by atoms with Crippen LogP contribution < -0.4 is 11.1 Å². The molecule has 5 nitrogen and oxygen atoms in total. The number of anilines is 2. The van der Waals surface area contributed by atoms with E-state index >= 15 is 0 Å². The lowest BCUT2D eigenvalue weighted by Gasteiger charge is -2.38. The van der Waals surface area contributed by atoms with E-state index in [2.05, 4.69) is 10.4 Å². The van der Waals surface area contributed by atoms with Gasteiger partial charge in [0.25, 0.3) is 0 Å². The monoisotopic (exact) mass is 240 g/mol. The summed E-state index contributed by atoms with van der Waals surface area (Å²) in [7, 11) is 0. The van der Waals surface area contributed by atoms with E-state index in [1.165, 1.54) is 0 Å². The lowest BCUT2D eigenvalue weighted by Crippen LogP contribution is -2.51. The van der Waals surface area contributed by atoms with Crippen LogP contribution in [0.25, 0.3) is 0 Å². The second-order valence-corrected chi connectivity index (χ2v) is 5.47. The molecule has 0 fully saturated rings. The van der Waals surface area contributed by atoms with Crippen molar-refractivity contribution in [1.82, 2.24) is 9.78 Å². The smallest absolute Gasteiger partial charge is 0.148 e. The van der Waals surface area contributed by atoms with Gasteiger partial charge in [0.05, 0.1) is 22.5 Å². The maximum atomic E-state index is 10.1. The number of nitrogens with one attached hydrogen (secondary N) is 1. The van der Waals surface area contributed by atoms with Crippen molar-refractivity contribution < 1.29 is 5.11 Å². The van der Waals surface area contributed by atoms with Gasteiger partial charge < -0.3 is 16.2 Å². The largest absolute Gasteiger partial charge is 0.394 e. The molecule has 0 amide bonds. The molecule has 17 heavy (non-hydrogen) atoms. The second-order valence-electron chi connectivity index (χ2n) is 5.47. The van der Waals surface area contributed by atoms with Gasteiger partial charge >= 0.3 is 0 Å². The van der Waals surface area contributed by atoms with Gasteiger partial charge in [-0.05, 0) is 41.5 Å². The maximum absolute atomic E-state index is 10.1. The van der Waals surface area contributed by atoms with Crippen molar-refractivity contribution in [3.05, 3.63) is 5.69 Å². The van der Waals surface area contributed by atoms with Crippen LogP contribution in [0.2, 0.25) is 0 Å². The first kappa shape index (κ1) is 13.8. The maximum Gasteiger partial charge on any atom is 0.148 e. The second kappa shape index (κ2) is 4.22. The minimum Gasteiger partial charge on any atom is -0.394 e. The van der Waals surface area contributed by atoms with E-state index in [0.29, 0.717) is 5.69 Å². The Labute approximate surface area is 103 Å². The Morgan fingerprint density at radius 3 is 2.29 bits per heavy atom. The van der Waals surface area contributed by atoms with Crippen molar-refractivity contribution in [2.45, 2.75) is 59.2 Å². The van der Waals surface area contributed by atoms with E-state index in [1.54, 1.807) is 13.8 Å². The van der Waals surface area contributed by atoms with Crippen molar-refractivity contribution in [1.29, 1.82) is 0 Å². The molecule has 0 bridgehead atoms. The van der Waals surface area contributed by atoms with Gasteiger partial charge in [-0.1, -0.05) is 0 Å². The molecule has 0 saturated heterocycles. The fraction of sp³-hybridized carbons (Fsp3) is 0.750. The molecule has 0 radical (unpaired) electrons. The summed E-state index contributed by atoms with van der Waals surface area (Å²) in [6.07, 6.45) is 0. The molecule has 0 spiro atoms. The number of nitrogens with two attached hydrogens (primary N) is 1. The first-order valence-electron chi connectivity index (χ1n) is 5.93. The van der Waals surface area contributed by atoms with E-state index in [-0.39, 0.29) is 0 Å². The van der Waals surface area contributed by atoms with Gasteiger partial charge in [0.15, 0.2) is 0 Å². The molecule has 5 heteroatoms. The van der Waals surface area contributed by atoms with Crippen molar-refractivity contribution in [2.75, 3.05) is 11.1 Å². The summed E-state index contributed by atoms with van der Waals surface area (Å²) in [5, 5.41) is 17.8. The minimum atomic E-state index is -0.865. The molecule has 0 saturated carbocycles. The number of aromatic nitrogens is 2. The van der Waals surface area contributed by atoms with E-state index in [4.69, 9.17) is 5.73 Å². The molecule has 1 aromatic rings. The number of rotatable bonds is 4. The summed E-state index contributed by atoms with van der Waals surface area (Å²) in [5.41, 5.74) is 6.09. The summed E-state index contributed by atoms with van der Waals surface area (Å²) >= 11 is 0. The Kier molecular flexibility index (Phi) is 3.43. The average Bonchev–Trinajstić information content (AvgIpc) is 2.43. The Morgan fingerprint density at radius 2 is 1.88 bits per heavy atom. The summed E-state index contributed by atoms with van der Waals surface area (Å²) in [4.78, 5) is 0. The molecule has 0 aliphatic carbocycles. The number of nitrogen functional groups attached to an aromatic ring is 1. The fourth-order valence-electron chi connectivity index (χ4n) is 1.40. The van der Waals surface area contributed by atoms with Gasteiger partial charge in [0.2, 0.25) is 0 Å². The van der Waals surface area contributed by atoms with Crippen LogP contribution in [0.3, 0.4) is 0 Å². The zero-order chi connectivity index (χ0) is 13.4. The van der Waals surface area contributed by atoms with Gasteiger partial charge in [0.1, 0.15) is 5.82 Å². The normalized spacial score (nSPS) is 12.9. The Hall–Kier alpha value is -1.23. The summed E-state index contributed by atoms with van der Waals surface area (Å²) in [6, 6.07) is 0. The quantitative estimate of drug-likeness (QED) is 0.749. The van der Waals surface area contributed by atoms with Gasteiger partial charge in [-0.3, -0.25) is 0 Å². The van der Waals surface area contributed by atoms with Gasteiger partial charge in [-0.25, -0.2) is 4.68 Å². The number of hydrogen-bond donors (Lipinski definition) is 3. The lowest BCUT2D eigenvalue weighted by atomic mass is 9.86. The van der Waals surface area contributed by atoms with E-state index < -0.39 is 11.1 Å². The number of aryl methyl sites for hydroxylation is 2. The summed E-state index contributed by atoms with van der Waals surface area (Å²) in [5.74, 6) is 0.775. The van der Waals surface area contributed by atoms with Crippen LogP contribution in [0.4, 0.5) is 11.5 Å². The SMILES string of the molecule is CCn1nc(C)c(N)c1NC(C)(C)C(C)(C)O. The topological polar surface area (TPSA) is 76.1 Å². The molecule has 0 aliphatic heterocycles. The van der Waals surface area contributed by atoms with Crippen LogP contribution in [0.5, 0.6) is 0 Å². The summed E-state index contributed by atoms with van der Waals surface area (Å²) in [6.45, 7) is 12.1. The van der Waals surface area contributed by atoms with Crippen molar-refractivity contribution in [3.63, 3.8) is 0 Å². The van der Waals surface area contributed by atoms with E-state index in [1.807, 2.05) is 32.4 Å². The van der Waals surface area contributed by atoms with Gasteiger partial charge in [-0.2, -0.15) is 5.10 Å². The highest BCUT2D eigenvalue weighted by molar-refractivity contribution is 5.65. The third-order valence-electron chi connectivity index (χ3n) is 3.43. The first-order chi connectivity index (χ1) is 7.60. The van der Waals surface area contributed by atoms with Crippen LogP contribution in [0, 0.1) is 6.92 Å². The number of nitrogens with zero attached hydrogens (tertiary/aromatic N) is 2. The third kappa shape index (κ3) is 2.54. The molecule has 1 rings (SSSR count). The molecular weight excluding hydrogens is 216 g/mol.